The van der Waals surface area contributed by atoms with Gasteiger partial charge in [0.05, 0.1) is 0 Å². The highest BCUT2D eigenvalue weighted by atomic mass is 16.2. The van der Waals surface area contributed by atoms with Crippen molar-refractivity contribution in [3.05, 3.63) is 54.1 Å². The number of anilines is 3. The zero-order valence-electron chi connectivity index (χ0n) is 12.4. The van der Waals surface area contributed by atoms with Gasteiger partial charge >= 0.3 is 6.03 Å². The molecule has 0 spiro atoms. The van der Waals surface area contributed by atoms with E-state index in [9.17, 15) is 14.4 Å². The van der Waals surface area contributed by atoms with Crippen molar-refractivity contribution in [2.24, 2.45) is 5.73 Å². The van der Waals surface area contributed by atoms with Crippen molar-refractivity contribution >= 4 is 34.9 Å². The quantitative estimate of drug-likeness (QED) is 0.695. The molecular formula is C16H16N4O3. The van der Waals surface area contributed by atoms with E-state index in [1.807, 2.05) is 0 Å². The molecule has 0 saturated heterocycles. The molecule has 7 nitrogen and oxygen atoms in total. The molecule has 118 valence electrons. The van der Waals surface area contributed by atoms with E-state index in [0.717, 1.165) is 0 Å². The second-order valence-corrected chi connectivity index (χ2v) is 4.78. The van der Waals surface area contributed by atoms with Crippen molar-refractivity contribution in [1.29, 1.82) is 0 Å². The van der Waals surface area contributed by atoms with Crippen LogP contribution in [0.25, 0.3) is 0 Å². The minimum Gasteiger partial charge on any atom is -0.351 e. The summed E-state index contributed by atoms with van der Waals surface area (Å²) in [5, 5.41) is 7.77. The topological polar surface area (TPSA) is 113 Å². The van der Waals surface area contributed by atoms with Crippen molar-refractivity contribution < 1.29 is 14.4 Å². The molecule has 4 amide bonds. The molecule has 2 aromatic rings. The van der Waals surface area contributed by atoms with E-state index in [1.54, 1.807) is 42.5 Å². The fourth-order valence-corrected chi connectivity index (χ4v) is 1.92. The van der Waals surface area contributed by atoms with Gasteiger partial charge in [-0.2, -0.15) is 0 Å². The van der Waals surface area contributed by atoms with Gasteiger partial charge in [0.1, 0.15) is 0 Å². The fraction of sp³-hybridized carbons (Fsp3) is 0.0625. The Bertz CT molecular complexity index is 741. The third-order valence-corrected chi connectivity index (χ3v) is 2.86. The van der Waals surface area contributed by atoms with Crippen LogP contribution >= 0.6 is 0 Å². The van der Waals surface area contributed by atoms with E-state index in [0.29, 0.717) is 22.6 Å². The van der Waals surface area contributed by atoms with Crippen molar-refractivity contribution in [1.82, 2.24) is 0 Å². The molecule has 5 N–H and O–H groups in total. The Kier molecular flexibility index (Phi) is 4.93. The third kappa shape index (κ3) is 4.85. The van der Waals surface area contributed by atoms with Gasteiger partial charge < -0.3 is 21.7 Å². The molecule has 0 bridgehead atoms. The maximum absolute atomic E-state index is 12.2. The second-order valence-electron chi connectivity index (χ2n) is 4.78. The van der Waals surface area contributed by atoms with Gasteiger partial charge in [0.25, 0.3) is 5.91 Å². The molecule has 0 heterocycles. The molecule has 0 unspecified atom stereocenters. The highest BCUT2D eigenvalue weighted by molar-refractivity contribution is 6.05. The first-order chi connectivity index (χ1) is 10.9. The number of rotatable bonds is 4. The lowest BCUT2D eigenvalue weighted by molar-refractivity contribution is -0.114. The first-order valence-corrected chi connectivity index (χ1v) is 6.79. The van der Waals surface area contributed by atoms with Crippen LogP contribution in [0.1, 0.15) is 17.3 Å². The summed E-state index contributed by atoms with van der Waals surface area (Å²) in [5.41, 5.74) is 7.08. The zero-order chi connectivity index (χ0) is 16.8. The molecule has 23 heavy (non-hydrogen) atoms. The Balaban J connectivity index is 2.06. The highest BCUT2D eigenvalue weighted by Crippen LogP contribution is 2.16. The van der Waals surface area contributed by atoms with Crippen LogP contribution in [0.2, 0.25) is 0 Å². The lowest BCUT2D eigenvalue weighted by Gasteiger charge is -2.08. The van der Waals surface area contributed by atoms with E-state index >= 15 is 0 Å². The third-order valence-electron chi connectivity index (χ3n) is 2.86. The Morgan fingerprint density at radius 1 is 0.826 bits per heavy atom. The van der Waals surface area contributed by atoms with Crippen LogP contribution < -0.4 is 21.7 Å². The molecule has 0 fully saturated rings. The summed E-state index contributed by atoms with van der Waals surface area (Å²) in [6.45, 7) is 1.42. The number of amides is 4. The highest BCUT2D eigenvalue weighted by Gasteiger charge is 2.07. The number of urea groups is 1. The Morgan fingerprint density at radius 3 is 2.00 bits per heavy atom. The smallest absolute Gasteiger partial charge is 0.316 e. The molecule has 0 atom stereocenters. The number of hydrogen-bond donors (Lipinski definition) is 4. The molecule has 0 saturated carbocycles. The maximum atomic E-state index is 12.2. The van der Waals surface area contributed by atoms with E-state index in [1.165, 1.54) is 13.0 Å². The number of carbonyl (C=O) groups excluding carboxylic acids is 3. The normalized spacial score (nSPS) is 9.78. The lowest BCUT2D eigenvalue weighted by Crippen LogP contribution is -2.19. The molecule has 0 aliphatic rings. The lowest BCUT2D eigenvalue weighted by atomic mass is 10.2. The minimum absolute atomic E-state index is 0.166. The minimum atomic E-state index is -0.698. The Labute approximate surface area is 132 Å². The molecule has 7 heteroatoms. The predicted molar refractivity (Wildman–Crippen MR) is 88.3 cm³/mol. The summed E-state index contributed by atoms with van der Waals surface area (Å²) in [7, 11) is 0. The van der Waals surface area contributed by atoms with Crippen molar-refractivity contribution in [2.75, 3.05) is 16.0 Å². The van der Waals surface area contributed by atoms with Gasteiger partial charge in [0.2, 0.25) is 5.91 Å². The summed E-state index contributed by atoms with van der Waals surface area (Å²) >= 11 is 0. The van der Waals surface area contributed by atoms with Gasteiger partial charge in [0, 0.05) is 29.5 Å². The molecule has 2 rings (SSSR count). The van der Waals surface area contributed by atoms with Crippen molar-refractivity contribution in [2.45, 2.75) is 6.92 Å². The van der Waals surface area contributed by atoms with Gasteiger partial charge in [0.15, 0.2) is 0 Å². The number of benzene rings is 2. The number of nitrogens with two attached hydrogens (primary N) is 1. The average molecular weight is 312 g/mol. The maximum Gasteiger partial charge on any atom is 0.316 e. The average Bonchev–Trinajstić information content (AvgIpc) is 2.48. The van der Waals surface area contributed by atoms with Crippen molar-refractivity contribution in [3.63, 3.8) is 0 Å². The summed E-state index contributed by atoms with van der Waals surface area (Å²) < 4.78 is 0. The summed E-state index contributed by atoms with van der Waals surface area (Å²) in [5.74, 6) is -0.494. The zero-order valence-corrected chi connectivity index (χ0v) is 12.4. The van der Waals surface area contributed by atoms with Crippen LogP contribution in [0.3, 0.4) is 0 Å². The molecule has 2 aromatic carbocycles. The first kappa shape index (κ1) is 16.0. The SMILES string of the molecule is CC(=O)Nc1ccc(NC(=O)c2cccc(NC(N)=O)c2)cc1. The second kappa shape index (κ2) is 7.08. The van der Waals surface area contributed by atoms with Gasteiger partial charge in [-0.15, -0.1) is 0 Å². The van der Waals surface area contributed by atoms with Crippen LogP contribution in [-0.2, 0) is 4.79 Å². The standard InChI is InChI=1S/C16H16N4O3/c1-10(21)18-12-5-7-13(8-6-12)19-15(22)11-3-2-4-14(9-11)20-16(17)23/h2-9H,1H3,(H,18,21)(H,19,22)(H3,17,20,23). The van der Waals surface area contributed by atoms with E-state index in [4.69, 9.17) is 5.73 Å². The largest absolute Gasteiger partial charge is 0.351 e. The Hall–Kier alpha value is -3.35. The Morgan fingerprint density at radius 2 is 1.43 bits per heavy atom. The molecular weight excluding hydrogens is 296 g/mol. The summed E-state index contributed by atoms with van der Waals surface area (Å²) in [6, 6.07) is 12.4. The summed E-state index contributed by atoms with van der Waals surface area (Å²) in [6.07, 6.45) is 0. The fourth-order valence-electron chi connectivity index (χ4n) is 1.92. The van der Waals surface area contributed by atoms with E-state index in [-0.39, 0.29) is 11.8 Å². The number of carbonyl (C=O) groups is 3. The molecule has 0 aliphatic carbocycles. The molecule has 0 aliphatic heterocycles. The number of hydrogen-bond acceptors (Lipinski definition) is 3. The van der Waals surface area contributed by atoms with E-state index < -0.39 is 6.03 Å². The van der Waals surface area contributed by atoms with Crippen LogP contribution in [-0.4, -0.2) is 17.8 Å². The van der Waals surface area contributed by atoms with Crippen LogP contribution in [0, 0.1) is 0 Å². The van der Waals surface area contributed by atoms with Crippen molar-refractivity contribution in [3.8, 4) is 0 Å². The van der Waals surface area contributed by atoms with E-state index in [2.05, 4.69) is 16.0 Å². The van der Waals surface area contributed by atoms with Crippen LogP contribution in [0.5, 0.6) is 0 Å². The van der Waals surface area contributed by atoms with Gasteiger partial charge in [-0.05, 0) is 42.5 Å². The van der Waals surface area contributed by atoms with Crippen LogP contribution in [0.4, 0.5) is 21.9 Å². The monoisotopic (exact) mass is 312 g/mol. The molecule has 0 radical (unpaired) electrons. The number of primary amides is 1. The molecule has 0 aromatic heterocycles. The van der Waals surface area contributed by atoms with Gasteiger partial charge in [-0.1, -0.05) is 6.07 Å². The summed E-state index contributed by atoms with van der Waals surface area (Å²) in [4.78, 5) is 34.0. The predicted octanol–water partition coefficient (Wildman–Crippen LogP) is 2.39. The van der Waals surface area contributed by atoms with Gasteiger partial charge in [-0.3, -0.25) is 9.59 Å². The van der Waals surface area contributed by atoms with Gasteiger partial charge in [-0.25, -0.2) is 4.79 Å². The number of nitrogens with one attached hydrogen (secondary N) is 3. The van der Waals surface area contributed by atoms with Crippen LogP contribution in [0.15, 0.2) is 48.5 Å². The first-order valence-electron chi connectivity index (χ1n) is 6.79.